The number of alkyl halides is 3. The highest BCUT2D eigenvalue weighted by atomic mass is 19.4. The van der Waals surface area contributed by atoms with Crippen LogP contribution in [0.4, 0.5) is 19.0 Å². The van der Waals surface area contributed by atoms with Crippen LogP contribution < -0.4 is 10.1 Å². The molecule has 1 atom stereocenters. The third-order valence-corrected chi connectivity index (χ3v) is 4.56. The molecule has 0 aliphatic carbocycles. The summed E-state index contributed by atoms with van der Waals surface area (Å²) in [4.78, 5) is 19.7. The lowest BCUT2D eigenvalue weighted by Gasteiger charge is -2.17. The minimum absolute atomic E-state index is 0.428. The fourth-order valence-corrected chi connectivity index (χ4v) is 3.00. The summed E-state index contributed by atoms with van der Waals surface area (Å²) in [6.07, 6.45) is 0.646. The molecule has 0 spiro atoms. The van der Waals surface area contributed by atoms with Gasteiger partial charge in [-0.05, 0) is 19.1 Å². The smallest absolute Gasteiger partial charge is 0.451 e. The number of hydrogen-bond acceptors (Lipinski definition) is 8. The van der Waals surface area contributed by atoms with E-state index in [0.29, 0.717) is 39.4 Å². The number of rotatable bonds is 5. The predicted octanol–water partition coefficient (Wildman–Crippen LogP) is 3.42. The molecule has 3 aromatic heterocycles. The molecule has 0 bridgehead atoms. The first-order valence-electron chi connectivity index (χ1n) is 9.10. The Morgan fingerprint density at radius 1 is 1.06 bits per heavy atom. The van der Waals surface area contributed by atoms with E-state index in [9.17, 15) is 13.2 Å². The van der Waals surface area contributed by atoms with Crippen molar-refractivity contribution in [2.45, 2.75) is 19.1 Å². The van der Waals surface area contributed by atoms with E-state index in [0.717, 1.165) is 12.4 Å². The molecule has 1 aromatic carbocycles. The molecule has 4 rings (SSSR count). The number of benzene rings is 1. The van der Waals surface area contributed by atoms with Gasteiger partial charge in [-0.2, -0.15) is 18.3 Å². The molecule has 0 saturated carbocycles. The molecule has 9 nitrogen and oxygen atoms in total. The second-order valence-electron chi connectivity index (χ2n) is 6.74. The minimum Gasteiger partial charge on any atom is -0.494 e. The zero-order valence-electron chi connectivity index (χ0n) is 16.7. The van der Waals surface area contributed by atoms with Crippen LogP contribution in [-0.2, 0) is 13.2 Å². The number of aromatic nitrogens is 7. The summed E-state index contributed by atoms with van der Waals surface area (Å²) in [5.74, 6) is 0.291. The number of ether oxygens (including phenoxy) is 1. The van der Waals surface area contributed by atoms with E-state index in [2.05, 4.69) is 35.3 Å². The van der Waals surface area contributed by atoms with Gasteiger partial charge in [0.2, 0.25) is 5.82 Å². The van der Waals surface area contributed by atoms with Crippen molar-refractivity contribution in [3.8, 4) is 17.1 Å². The lowest BCUT2D eigenvalue weighted by Crippen LogP contribution is -2.14. The lowest BCUT2D eigenvalue weighted by molar-refractivity contribution is -0.145. The normalized spacial score (nSPS) is 12.7. The average Bonchev–Trinajstić information content (AvgIpc) is 3.19. The zero-order chi connectivity index (χ0) is 22.2. The van der Waals surface area contributed by atoms with E-state index in [1.54, 1.807) is 31.0 Å². The molecule has 0 aliphatic heterocycles. The van der Waals surface area contributed by atoms with Gasteiger partial charge in [0.15, 0.2) is 5.82 Å². The summed E-state index contributed by atoms with van der Waals surface area (Å²) in [6, 6.07) is 3.18. The Hall–Kier alpha value is -3.83. The molecule has 31 heavy (non-hydrogen) atoms. The van der Waals surface area contributed by atoms with Gasteiger partial charge in [0.1, 0.15) is 29.7 Å². The first-order valence-corrected chi connectivity index (χ1v) is 9.10. The van der Waals surface area contributed by atoms with Gasteiger partial charge < -0.3 is 10.1 Å². The fourth-order valence-electron chi connectivity index (χ4n) is 3.00. The van der Waals surface area contributed by atoms with E-state index in [-0.39, 0.29) is 0 Å². The summed E-state index contributed by atoms with van der Waals surface area (Å²) in [5.41, 5.74) is 1.73. The van der Waals surface area contributed by atoms with Crippen LogP contribution in [0.1, 0.15) is 24.4 Å². The van der Waals surface area contributed by atoms with E-state index in [4.69, 9.17) is 4.74 Å². The molecule has 3 heterocycles. The average molecular weight is 430 g/mol. The van der Waals surface area contributed by atoms with Crippen molar-refractivity contribution < 1.29 is 17.9 Å². The monoisotopic (exact) mass is 430 g/mol. The summed E-state index contributed by atoms with van der Waals surface area (Å²) in [6.45, 7) is 1.77. The molecule has 160 valence electrons. The van der Waals surface area contributed by atoms with Gasteiger partial charge in [0.05, 0.1) is 13.2 Å². The van der Waals surface area contributed by atoms with Gasteiger partial charge >= 0.3 is 6.18 Å². The van der Waals surface area contributed by atoms with Crippen LogP contribution in [0.25, 0.3) is 22.3 Å². The minimum atomic E-state index is -4.59. The standard InChI is InChI=1S/C19H17F3N8O/c1-10(12-6-23-18(24-7-12)19(20,21)22)28-17-13-4-11(16-27-9-30(2)29-16)5-14(31-3)15(13)25-8-26-17/h4-10H,1-3H3,(H,25,26,28). The summed E-state index contributed by atoms with van der Waals surface area (Å²) in [7, 11) is 3.29. The molecule has 1 unspecified atom stereocenters. The maximum Gasteiger partial charge on any atom is 0.451 e. The Balaban J connectivity index is 1.71. The maximum absolute atomic E-state index is 12.7. The summed E-state index contributed by atoms with van der Waals surface area (Å²) in [5, 5.41) is 8.13. The van der Waals surface area contributed by atoms with Crippen LogP contribution in [0.15, 0.2) is 37.2 Å². The Kier molecular flexibility index (Phi) is 5.13. The second-order valence-corrected chi connectivity index (χ2v) is 6.74. The maximum atomic E-state index is 12.7. The number of nitrogens with zero attached hydrogens (tertiary/aromatic N) is 7. The van der Waals surface area contributed by atoms with E-state index >= 15 is 0 Å². The number of halogens is 3. The third-order valence-electron chi connectivity index (χ3n) is 4.56. The van der Waals surface area contributed by atoms with Crippen LogP contribution in [0.2, 0.25) is 0 Å². The summed E-state index contributed by atoms with van der Waals surface area (Å²) < 4.78 is 45.2. The Labute approximate surface area is 174 Å². The topological polar surface area (TPSA) is 104 Å². The molecule has 0 amide bonds. The van der Waals surface area contributed by atoms with Crippen molar-refractivity contribution in [2.75, 3.05) is 12.4 Å². The highest BCUT2D eigenvalue weighted by molar-refractivity contribution is 5.96. The molecule has 0 fully saturated rings. The van der Waals surface area contributed by atoms with Crippen LogP contribution >= 0.6 is 0 Å². The van der Waals surface area contributed by atoms with E-state index in [1.807, 2.05) is 6.07 Å². The Morgan fingerprint density at radius 3 is 2.42 bits per heavy atom. The Morgan fingerprint density at radius 2 is 1.81 bits per heavy atom. The zero-order valence-corrected chi connectivity index (χ0v) is 16.7. The lowest BCUT2D eigenvalue weighted by atomic mass is 10.1. The number of aryl methyl sites for hydroxylation is 1. The molecule has 4 aromatic rings. The predicted molar refractivity (Wildman–Crippen MR) is 105 cm³/mol. The van der Waals surface area contributed by atoms with Crippen molar-refractivity contribution in [2.24, 2.45) is 7.05 Å². The van der Waals surface area contributed by atoms with Gasteiger partial charge in [0.25, 0.3) is 0 Å². The van der Waals surface area contributed by atoms with Gasteiger partial charge in [0, 0.05) is 36.0 Å². The first-order chi connectivity index (χ1) is 14.8. The molecule has 0 saturated heterocycles. The molecule has 1 N–H and O–H groups in total. The van der Waals surface area contributed by atoms with Gasteiger partial charge in [-0.3, -0.25) is 4.68 Å². The summed E-state index contributed by atoms with van der Waals surface area (Å²) >= 11 is 0. The highest BCUT2D eigenvalue weighted by Crippen LogP contribution is 2.34. The quantitative estimate of drug-likeness (QED) is 0.514. The van der Waals surface area contributed by atoms with Crippen LogP contribution in [0.3, 0.4) is 0 Å². The molecular weight excluding hydrogens is 413 g/mol. The number of methoxy groups -OCH3 is 1. The van der Waals surface area contributed by atoms with Gasteiger partial charge in [-0.25, -0.2) is 24.9 Å². The number of nitrogens with one attached hydrogen (secondary N) is 1. The van der Waals surface area contributed by atoms with Crippen molar-refractivity contribution in [3.63, 3.8) is 0 Å². The van der Waals surface area contributed by atoms with Crippen molar-refractivity contribution >= 4 is 16.7 Å². The highest BCUT2D eigenvalue weighted by Gasteiger charge is 2.34. The fraction of sp³-hybridized carbons (Fsp3) is 0.263. The van der Waals surface area contributed by atoms with Crippen LogP contribution in [0.5, 0.6) is 5.75 Å². The largest absolute Gasteiger partial charge is 0.494 e. The van der Waals surface area contributed by atoms with E-state index < -0.39 is 18.0 Å². The molecule has 12 heteroatoms. The SMILES string of the molecule is COc1cc(-c2ncn(C)n2)cc2c(NC(C)c3cnc(C(F)(F)F)nc3)ncnc12. The van der Waals surface area contributed by atoms with Gasteiger partial charge in [-0.15, -0.1) is 0 Å². The Bertz CT molecular complexity index is 1220. The van der Waals surface area contributed by atoms with Gasteiger partial charge in [-0.1, -0.05) is 0 Å². The molecule has 0 aliphatic rings. The van der Waals surface area contributed by atoms with Crippen molar-refractivity contribution in [3.05, 3.63) is 48.6 Å². The van der Waals surface area contributed by atoms with E-state index in [1.165, 1.54) is 13.4 Å². The van der Waals surface area contributed by atoms with Crippen molar-refractivity contribution in [1.82, 2.24) is 34.7 Å². The van der Waals surface area contributed by atoms with Crippen LogP contribution in [0, 0.1) is 0 Å². The van der Waals surface area contributed by atoms with Crippen molar-refractivity contribution in [1.29, 1.82) is 0 Å². The first kappa shape index (κ1) is 20.4. The number of fused-ring (bicyclic) bond motifs is 1. The third kappa shape index (κ3) is 4.09. The second kappa shape index (κ2) is 7.78. The van der Waals surface area contributed by atoms with Crippen LogP contribution in [-0.4, -0.2) is 41.8 Å². The molecular formula is C19H17F3N8O. The number of anilines is 1. The number of hydrogen-bond donors (Lipinski definition) is 1. The molecule has 0 radical (unpaired) electrons.